The van der Waals surface area contributed by atoms with Gasteiger partial charge in [0.15, 0.2) is 0 Å². The summed E-state index contributed by atoms with van der Waals surface area (Å²) in [6.45, 7) is -1.56. The van der Waals surface area contributed by atoms with Gasteiger partial charge in [-0.1, -0.05) is 0 Å². The molecule has 0 aliphatic rings. The van der Waals surface area contributed by atoms with Crippen molar-refractivity contribution in [3.05, 3.63) is 0 Å². The Labute approximate surface area is 156 Å². The van der Waals surface area contributed by atoms with Crippen molar-refractivity contribution in [1.82, 2.24) is 0 Å². The molecule has 0 aromatic heterocycles. The number of hydrogen-bond donors (Lipinski definition) is 4. The van der Waals surface area contributed by atoms with Gasteiger partial charge in [-0.3, -0.25) is 0 Å². The van der Waals surface area contributed by atoms with Gasteiger partial charge >= 0.3 is 26.2 Å². The van der Waals surface area contributed by atoms with Gasteiger partial charge in [-0.15, -0.1) is 0 Å². The molecule has 0 aliphatic carbocycles. The summed E-state index contributed by atoms with van der Waals surface area (Å²) in [5.74, 6) is -4.87. The first-order valence-electron chi connectivity index (χ1n) is 4.68. The second-order valence-corrected chi connectivity index (χ2v) is 2.30. The minimum Gasteiger partial charge on any atom is -0.549 e. The third-order valence-electron chi connectivity index (χ3n) is 0.667. The molecular formula is C8H16AlN4O8Zr. The summed E-state index contributed by atoms with van der Waals surface area (Å²) in [6, 6.07) is 0. The third-order valence-corrected chi connectivity index (χ3v) is 0.667. The van der Waals surface area contributed by atoms with E-state index in [1.165, 1.54) is 0 Å². The number of rotatable bonds is 4. The number of hydrogen-bond acceptors (Lipinski definition) is 12. The van der Waals surface area contributed by atoms with Gasteiger partial charge in [-0.05, 0) is 0 Å². The molecule has 123 valence electrons. The number of carbonyl (C=O) groups excluding carboxylic acids is 4. The molecule has 12 nitrogen and oxygen atoms in total. The van der Waals surface area contributed by atoms with Crippen LogP contribution >= 0.6 is 0 Å². The molecule has 0 aliphatic heterocycles. The Bertz CT molecular complexity index is 239. The Morgan fingerprint density at radius 1 is 0.545 bits per heavy atom. The predicted molar refractivity (Wildman–Crippen MR) is 62.0 cm³/mol. The Kier molecular flexibility index (Phi) is 54.7. The smallest absolute Gasteiger partial charge is 0.549 e. The van der Waals surface area contributed by atoms with E-state index >= 15 is 0 Å². The van der Waals surface area contributed by atoms with Crippen molar-refractivity contribution < 1.29 is 65.8 Å². The van der Waals surface area contributed by atoms with E-state index in [-0.39, 0.29) is 69.7 Å². The maximum atomic E-state index is 9.13. The third kappa shape index (κ3) is 124. The first-order chi connectivity index (χ1) is 9.08. The number of carbonyl (C=O) groups is 4. The second kappa shape index (κ2) is 32.2. The molecule has 22 heavy (non-hydrogen) atoms. The zero-order valence-corrected chi connectivity index (χ0v) is 15.1. The number of carboxylic acids is 4. The Balaban J connectivity index is -0.0000000376. The Hall–Kier alpha value is -0.864. The minimum atomic E-state index is -1.22. The summed E-state index contributed by atoms with van der Waals surface area (Å²) < 4.78 is 0. The number of aliphatic carboxylic acids is 4. The van der Waals surface area contributed by atoms with Crippen LogP contribution in [0.1, 0.15) is 0 Å². The summed E-state index contributed by atoms with van der Waals surface area (Å²) >= 11 is 0. The van der Waals surface area contributed by atoms with E-state index in [2.05, 4.69) is 22.9 Å². The van der Waals surface area contributed by atoms with Crippen LogP contribution in [-0.4, -0.2) is 67.4 Å². The van der Waals surface area contributed by atoms with Crippen LogP contribution < -0.4 is 43.4 Å². The number of carboxylic acid groups (broad SMARTS) is 4. The summed E-state index contributed by atoms with van der Waals surface area (Å²) in [6.07, 6.45) is 0. The summed E-state index contributed by atoms with van der Waals surface area (Å²) in [5, 5.41) is 36.5. The largest absolute Gasteiger partial charge is 4.00 e. The fourth-order valence-corrected chi connectivity index (χ4v) is 0. The Morgan fingerprint density at radius 3 is 0.591 bits per heavy atom. The average Bonchev–Trinajstić information content (AvgIpc) is 2.40. The summed E-state index contributed by atoms with van der Waals surface area (Å²) in [7, 11) is 0. The van der Waals surface area contributed by atoms with E-state index in [4.69, 9.17) is 39.6 Å². The molecule has 0 amide bonds. The fraction of sp³-hybridized carbons (Fsp3) is 0.500. The van der Waals surface area contributed by atoms with Crippen molar-refractivity contribution in [2.75, 3.05) is 26.2 Å². The van der Waals surface area contributed by atoms with Gasteiger partial charge in [0.2, 0.25) is 0 Å². The van der Waals surface area contributed by atoms with E-state index in [1.54, 1.807) is 0 Å². The maximum absolute atomic E-state index is 9.13. The van der Waals surface area contributed by atoms with Crippen LogP contribution in [0, 0.1) is 0 Å². The molecule has 14 heteroatoms. The van der Waals surface area contributed by atoms with Crippen LogP contribution in [-0.2, 0) is 45.4 Å². The molecule has 0 heterocycles. The number of nitrogens with two attached hydrogens (primary N) is 4. The van der Waals surface area contributed by atoms with Gasteiger partial charge in [0.1, 0.15) is 0 Å². The molecule has 0 spiro atoms. The zero-order chi connectivity index (χ0) is 17.1. The van der Waals surface area contributed by atoms with Gasteiger partial charge in [0.25, 0.3) is 0 Å². The van der Waals surface area contributed by atoms with E-state index in [0.717, 1.165) is 0 Å². The molecule has 8 N–H and O–H groups in total. The van der Waals surface area contributed by atoms with Gasteiger partial charge in [-0.25, -0.2) is 0 Å². The maximum Gasteiger partial charge on any atom is 4.00 e. The molecule has 0 aromatic rings. The molecule has 0 unspecified atom stereocenters. The minimum absolute atomic E-state index is 0. The van der Waals surface area contributed by atoms with Gasteiger partial charge < -0.3 is 62.5 Å². The topological polar surface area (TPSA) is 265 Å². The van der Waals surface area contributed by atoms with Gasteiger partial charge in [-0.2, -0.15) is 0 Å². The molecule has 0 fully saturated rings. The predicted octanol–water partition coefficient (Wildman–Crippen LogP) is -9.60. The van der Waals surface area contributed by atoms with Crippen molar-refractivity contribution in [1.29, 1.82) is 0 Å². The van der Waals surface area contributed by atoms with Crippen molar-refractivity contribution in [2.45, 2.75) is 0 Å². The average molecular weight is 414 g/mol. The normalized spacial score (nSPS) is 6.73. The molecule has 3 radical (unpaired) electrons. The Morgan fingerprint density at radius 2 is 0.591 bits per heavy atom. The van der Waals surface area contributed by atoms with Gasteiger partial charge in [0, 0.05) is 43.5 Å². The van der Waals surface area contributed by atoms with E-state index < -0.39 is 23.9 Å². The fourth-order valence-electron chi connectivity index (χ4n) is 0. The van der Waals surface area contributed by atoms with Gasteiger partial charge in [0.05, 0.1) is 23.9 Å². The SMILES string of the molecule is NCC(=O)[O-].NCC(=O)[O-].NCC(=O)[O-].NCC(=O)[O-].[Al].[Zr+4]. The summed E-state index contributed by atoms with van der Waals surface area (Å²) in [4.78, 5) is 36.5. The molecule has 0 saturated carbocycles. The van der Waals surface area contributed by atoms with Crippen LogP contribution in [0.4, 0.5) is 0 Å². The molecule has 0 aromatic carbocycles. The zero-order valence-electron chi connectivity index (χ0n) is 11.5. The van der Waals surface area contributed by atoms with Crippen LogP contribution in [0.15, 0.2) is 0 Å². The first-order valence-corrected chi connectivity index (χ1v) is 4.68. The molecule has 0 atom stereocenters. The van der Waals surface area contributed by atoms with Crippen molar-refractivity contribution in [2.24, 2.45) is 22.9 Å². The van der Waals surface area contributed by atoms with Crippen molar-refractivity contribution >= 4 is 41.2 Å². The van der Waals surface area contributed by atoms with Crippen LogP contribution in [0.2, 0.25) is 0 Å². The van der Waals surface area contributed by atoms with Crippen LogP contribution in [0.5, 0.6) is 0 Å². The molecule has 0 saturated heterocycles. The molecule has 0 bridgehead atoms. The van der Waals surface area contributed by atoms with E-state index in [0.29, 0.717) is 0 Å². The second-order valence-electron chi connectivity index (χ2n) is 2.30. The first kappa shape index (κ1) is 37.4. The van der Waals surface area contributed by atoms with E-state index in [1.807, 2.05) is 0 Å². The quantitative estimate of drug-likeness (QED) is 0.312. The van der Waals surface area contributed by atoms with Crippen LogP contribution in [0.3, 0.4) is 0 Å². The van der Waals surface area contributed by atoms with Crippen molar-refractivity contribution in [3.8, 4) is 0 Å². The molecule has 0 rings (SSSR count). The molecular weight excluding hydrogens is 398 g/mol. The standard InChI is InChI=1S/4C2H5NO2.Al.Zr/c4*3-1-2(4)5;;/h4*1,3H2,(H,4,5);;/q;;;;;+4/p-4. The summed E-state index contributed by atoms with van der Waals surface area (Å²) in [5.41, 5.74) is 18.0. The van der Waals surface area contributed by atoms with E-state index in [9.17, 15) is 0 Å². The monoisotopic (exact) mass is 413 g/mol. The van der Waals surface area contributed by atoms with Crippen molar-refractivity contribution in [3.63, 3.8) is 0 Å². The van der Waals surface area contributed by atoms with Crippen LogP contribution in [0.25, 0.3) is 0 Å².